The van der Waals surface area contributed by atoms with Gasteiger partial charge in [0.1, 0.15) is 6.04 Å². The van der Waals surface area contributed by atoms with Crippen LogP contribution < -0.4 is 14.8 Å². The van der Waals surface area contributed by atoms with E-state index in [1.807, 2.05) is 93.6 Å². The van der Waals surface area contributed by atoms with Gasteiger partial charge in [-0.05, 0) is 55.5 Å². The van der Waals surface area contributed by atoms with Crippen LogP contribution in [0.5, 0.6) is 11.5 Å². The van der Waals surface area contributed by atoms with E-state index in [-0.39, 0.29) is 31.1 Å². The van der Waals surface area contributed by atoms with Gasteiger partial charge >= 0.3 is 0 Å². The van der Waals surface area contributed by atoms with E-state index >= 15 is 0 Å². The molecule has 1 aliphatic rings. The molecule has 6 heteroatoms. The Morgan fingerprint density at radius 1 is 0.919 bits per heavy atom. The molecule has 1 N–H and O–H groups in total. The Hall–Kier alpha value is -3.80. The molecule has 4 rings (SSSR count). The minimum Gasteiger partial charge on any atom is -0.454 e. The number of amides is 2. The lowest BCUT2D eigenvalue weighted by atomic mass is 10.0. The molecule has 37 heavy (non-hydrogen) atoms. The maximum Gasteiger partial charge on any atom is 0.243 e. The summed E-state index contributed by atoms with van der Waals surface area (Å²) < 4.78 is 10.9. The Labute approximate surface area is 219 Å². The SMILES string of the molecule is CC[C@@H](C)NC(=O)[C@H](Cc1ccccc1)N(Cc1ccc(C)cc1)C(=O)CCc1ccc2c(c1)OCO2. The second-order valence-electron chi connectivity index (χ2n) is 9.72. The number of rotatable bonds is 11. The van der Waals surface area contributed by atoms with Crippen LogP contribution in [0, 0.1) is 6.92 Å². The summed E-state index contributed by atoms with van der Waals surface area (Å²) in [6.45, 7) is 6.65. The van der Waals surface area contributed by atoms with Gasteiger partial charge in [0.2, 0.25) is 18.6 Å². The summed E-state index contributed by atoms with van der Waals surface area (Å²) in [5.74, 6) is 1.25. The summed E-state index contributed by atoms with van der Waals surface area (Å²) in [5.41, 5.74) is 4.16. The van der Waals surface area contributed by atoms with Gasteiger partial charge in [-0.2, -0.15) is 0 Å². The number of fused-ring (bicyclic) bond motifs is 1. The average Bonchev–Trinajstić information content (AvgIpc) is 3.39. The van der Waals surface area contributed by atoms with E-state index in [1.54, 1.807) is 4.90 Å². The van der Waals surface area contributed by atoms with Crippen molar-refractivity contribution in [2.24, 2.45) is 0 Å². The Bertz CT molecular complexity index is 1190. The molecule has 0 spiro atoms. The Morgan fingerprint density at radius 3 is 2.35 bits per heavy atom. The highest BCUT2D eigenvalue weighted by atomic mass is 16.7. The van der Waals surface area contributed by atoms with Crippen molar-refractivity contribution >= 4 is 11.8 Å². The van der Waals surface area contributed by atoms with Crippen LogP contribution in [0.1, 0.15) is 48.9 Å². The van der Waals surface area contributed by atoms with Crippen LogP contribution in [0.15, 0.2) is 72.8 Å². The van der Waals surface area contributed by atoms with Gasteiger partial charge in [-0.3, -0.25) is 9.59 Å². The highest BCUT2D eigenvalue weighted by molar-refractivity contribution is 5.88. The predicted octanol–water partition coefficient (Wildman–Crippen LogP) is 5.21. The van der Waals surface area contributed by atoms with Crippen LogP contribution in [0.3, 0.4) is 0 Å². The van der Waals surface area contributed by atoms with Gasteiger partial charge in [0, 0.05) is 25.4 Å². The van der Waals surface area contributed by atoms with Gasteiger partial charge in [-0.1, -0.05) is 73.2 Å². The molecular weight excluding hydrogens is 464 g/mol. The standard InChI is InChI=1S/C31H36N2O4/c1-4-23(3)32-31(35)27(18-24-8-6-5-7-9-24)33(20-26-12-10-22(2)11-13-26)30(34)17-15-25-14-16-28-29(19-25)37-21-36-28/h5-14,16,19,23,27H,4,15,17-18,20-21H2,1-3H3,(H,32,35)/t23-,27+/m1/s1. The van der Waals surface area contributed by atoms with Crippen molar-refractivity contribution in [3.63, 3.8) is 0 Å². The first-order valence-corrected chi connectivity index (χ1v) is 13.0. The predicted molar refractivity (Wildman–Crippen MR) is 144 cm³/mol. The summed E-state index contributed by atoms with van der Waals surface area (Å²) in [4.78, 5) is 29.1. The Kier molecular flexibility index (Phi) is 8.83. The normalized spacial score (nSPS) is 13.6. The topological polar surface area (TPSA) is 67.9 Å². The number of benzene rings is 3. The van der Waals surface area contributed by atoms with Gasteiger partial charge in [-0.25, -0.2) is 0 Å². The smallest absolute Gasteiger partial charge is 0.243 e. The number of nitrogens with one attached hydrogen (secondary N) is 1. The number of hydrogen-bond acceptors (Lipinski definition) is 4. The van der Waals surface area contributed by atoms with Crippen LogP contribution in [0.4, 0.5) is 0 Å². The van der Waals surface area contributed by atoms with Crippen LogP contribution in [0.25, 0.3) is 0 Å². The van der Waals surface area contributed by atoms with Gasteiger partial charge in [0.05, 0.1) is 0 Å². The lowest BCUT2D eigenvalue weighted by Crippen LogP contribution is -2.52. The molecule has 0 saturated heterocycles. The van der Waals surface area contributed by atoms with E-state index in [0.29, 0.717) is 25.1 Å². The molecule has 0 radical (unpaired) electrons. The molecule has 194 valence electrons. The fourth-order valence-electron chi connectivity index (χ4n) is 4.38. The minimum atomic E-state index is -0.623. The summed E-state index contributed by atoms with van der Waals surface area (Å²) in [6, 6.07) is 23.2. The maximum absolute atomic E-state index is 13.8. The van der Waals surface area contributed by atoms with E-state index in [2.05, 4.69) is 5.32 Å². The zero-order chi connectivity index (χ0) is 26.2. The average molecular weight is 501 g/mol. The zero-order valence-corrected chi connectivity index (χ0v) is 21.9. The first-order chi connectivity index (χ1) is 17.9. The third-order valence-electron chi connectivity index (χ3n) is 6.81. The van der Waals surface area contributed by atoms with Crippen LogP contribution in [0.2, 0.25) is 0 Å². The molecule has 3 aromatic carbocycles. The largest absolute Gasteiger partial charge is 0.454 e. The number of hydrogen-bond donors (Lipinski definition) is 1. The Morgan fingerprint density at radius 2 is 1.62 bits per heavy atom. The third-order valence-corrected chi connectivity index (χ3v) is 6.81. The third kappa shape index (κ3) is 7.13. The van der Waals surface area contributed by atoms with Crippen molar-refractivity contribution in [3.05, 3.63) is 95.1 Å². The summed E-state index contributed by atoms with van der Waals surface area (Å²) in [5, 5.41) is 3.12. The molecule has 0 unspecified atom stereocenters. The first kappa shape index (κ1) is 26.3. The van der Waals surface area contributed by atoms with Crippen LogP contribution in [-0.4, -0.2) is 35.6 Å². The molecule has 2 atom stereocenters. The highest BCUT2D eigenvalue weighted by Crippen LogP contribution is 2.33. The van der Waals surface area contributed by atoms with Crippen molar-refractivity contribution in [1.82, 2.24) is 10.2 Å². The van der Waals surface area contributed by atoms with Gasteiger partial charge < -0.3 is 19.7 Å². The molecule has 1 aliphatic heterocycles. The number of carbonyl (C=O) groups is 2. The summed E-state index contributed by atoms with van der Waals surface area (Å²) >= 11 is 0. The number of carbonyl (C=O) groups excluding carboxylic acids is 2. The molecule has 1 heterocycles. The van der Waals surface area contributed by atoms with Gasteiger partial charge in [0.25, 0.3) is 0 Å². The van der Waals surface area contributed by atoms with Gasteiger partial charge in [-0.15, -0.1) is 0 Å². The van der Waals surface area contributed by atoms with Crippen molar-refractivity contribution in [3.8, 4) is 11.5 Å². The van der Waals surface area contributed by atoms with E-state index in [1.165, 1.54) is 0 Å². The second-order valence-corrected chi connectivity index (χ2v) is 9.72. The minimum absolute atomic E-state index is 0.0238. The van der Waals surface area contributed by atoms with Gasteiger partial charge in [0.15, 0.2) is 11.5 Å². The lowest BCUT2D eigenvalue weighted by Gasteiger charge is -2.32. The molecule has 0 bridgehead atoms. The van der Waals surface area contributed by atoms with E-state index in [9.17, 15) is 9.59 Å². The quantitative estimate of drug-likeness (QED) is 0.392. The van der Waals surface area contributed by atoms with E-state index in [4.69, 9.17) is 9.47 Å². The zero-order valence-electron chi connectivity index (χ0n) is 21.9. The molecule has 0 fully saturated rings. The monoisotopic (exact) mass is 500 g/mol. The molecule has 0 saturated carbocycles. The number of aryl methyl sites for hydroxylation is 2. The molecule has 0 aromatic heterocycles. The maximum atomic E-state index is 13.8. The highest BCUT2D eigenvalue weighted by Gasteiger charge is 2.31. The molecule has 3 aromatic rings. The fourth-order valence-corrected chi connectivity index (χ4v) is 4.38. The summed E-state index contributed by atoms with van der Waals surface area (Å²) in [6.07, 6.45) is 2.10. The molecule has 6 nitrogen and oxygen atoms in total. The van der Waals surface area contributed by atoms with Crippen molar-refractivity contribution < 1.29 is 19.1 Å². The summed E-state index contributed by atoms with van der Waals surface area (Å²) in [7, 11) is 0. The van der Waals surface area contributed by atoms with Crippen LogP contribution in [-0.2, 0) is 29.0 Å². The molecular formula is C31H36N2O4. The number of ether oxygens (including phenoxy) is 2. The van der Waals surface area contributed by atoms with Crippen molar-refractivity contribution in [1.29, 1.82) is 0 Å². The van der Waals surface area contributed by atoms with Crippen molar-refractivity contribution in [2.45, 2.75) is 65.1 Å². The fraction of sp³-hybridized carbons (Fsp3) is 0.355. The van der Waals surface area contributed by atoms with E-state index in [0.717, 1.165) is 34.4 Å². The first-order valence-electron chi connectivity index (χ1n) is 13.0. The molecule has 2 amide bonds. The van der Waals surface area contributed by atoms with E-state index < -0.39 is 6.04 Å². The lowest BCUT2D eigenvalue weighted by molar-refractivity contribution is -0.141. The Balaban J connectivity index is 1.59. The molecule has 0 aliphatic carbocycles. The second kappa shape index (κ2) is 12.4. The number of nitrogens with zero attached hydrogens (tertiary/aromatic N) is 1. The van der Waals surface area contributed by atoms with Crippen molar-refractivity contribution in [2.75, 3.05) is 6.79 Å². The van der Waals surface area contributed by atoms with Crippen LogP contribution >= 0.6 is 0 Å².